The quantitative estimate of drug-likeness (QED) is 0.793. The van der Waals surface area contributed by atoms with Crippen LogP contribution in [0.4, 0.5) is 0 Å². The molecule has 0 bridgehead atoms. The molecule has 1 fully saturated rings. The minimum absolute atomic E-state index is 0.150. The van der Waals surface area contributed by atoms with E-state index >= 15 is 0 Å². The van der Waals surface area contributed by atoms with Crippen LogP contribution in [-0.2, 0) is 0 Å². The number of hydrogen-bond acceptors (Lipinski definition) is 2. The van der Waals surface area contributed by atoms with Gasteiger partial charge >= 0.3 is 0 Å². The van der Waals surface area contributed by atoms with Crippen molar-refractivity contribution in [3.63, 3.8) is 0 Å². The Balaban J connectivity index is 2.28. The summed E-state index contributed by atoms with van der Waals surface area (Å²) in [6.45, 7) is 8.62. The molecule has 0 aliphatic heterocycles. The largest absolute Gasteiger partial charge is 0.391 e. The van der Waals surface area contributed by atoms with E-state index < -0.39 is 0 Å². The smallest absolute Gasteiger partial charge is 0.0786 e. The minimum Gasteiger partial charge on any atom is -0.391 e. The molecule has 1 aromatic heterocycles. The standard InChI is InChI=1S/C13H22N2O/c1-9-7-10(2)15(14-9)11-8-13(3,4)6-5-12(11)16/h7,11-12,16H,5-6,8H2,1-4H3. The molecule has 2 unspecified atom stereocenters. The first-order valence-corrected chi connectivity index (χ1v) is 6.10. The van der Waals surface area contributed by atoms with Crippen LogP contribution in [-0.4, -0.2) is 21.0 Å². The van der Waals surface area contributed by atoms with Crippen molar-refractivity contribution >= 4 is 0 Å². The van der Waals surface area contributed by atoms with E-state index in [0.29, 0.717) is 5.41 Å². The highest BCUT2D eigenvalue weighted by Gasteiger charge is 2.35. The molecular weight excluding hydrogens is 200 g/mol. The lowest BCUT2D eigenvalue weighted by atomic mass is 9.74. The molecule has 90 valence electrons. The SMILES string of the molecule is Cc1cc(C)n(C2CC(C)(C)CCC2O)n1. The molecule has 16 heavy (non-hydrogen) atoms. The maximum absolute atomic E-state index is 10.1. The van der Waals surface area contributed by atoms with Gasteiger partial charge in [-0.05, 0) is 44.6 Å². The molecule has 0 amide bonds. The molecule has 1 aromatic rings. The lowest BCUT2D eigenvalue weighted by Gasteiger charge is -2.39. The molecule has 1 aliphatic rings. The summed E-state index contributed by atoms with van der Waals surface area (Å²) in [4.78, 5) is 0. The van der Waals surface area contributed by atoms with Gasteiger partial charge in [0.25, 0.3) is 0 Å². The van der Waals surface area contributed by atoms with Crippen LogP contribution in [0.3, 0.4) is 0 Å². The van der Waals surface area contributed by atoms with Gasteiger partial charge in [-0.25, -0.2) is 0 Å². The Hall–Kier alpha value is -0.830. The minimum atomic E-state index is -0.244. The summed E-state index contributed by atoms with van der Waals surface area (Å²) in [5, 5.41) is 14.6. The molecule has 0 spiro atoms. The van der Waals surface area contributed by atoms with Gasteiger partial charge < -0.3 is 5.11 Å². The van der Waals surface area contributed by atoms with Crippen molar-refractivity contribution in [2.75, 3.05) is 0 Å². The fraction of sp³-hybridized carbons (Fsp3) is 0.769. The summed E-state index contributed by atoms with van der Waals surface area (Å²) >= 11 is 0. The van der Waals surface area contributed by atoms with Crippen molar-refractivity contribution in [3.8, 4) is 0 Å². The molecule has 1 N–H and O–H groups in total. The third-order valence-electron chi connectivity index (χ3n) is 3.68. The maximum atomic E-state index is 10.1. The number of aromatic nitrogens is 2. The second-order valence-corrected chi connectivity index (χ2v) is 5.91. The summed E-state index contributed by atoms with van der Waals surface area (Å²) < 4.78 is 2.01. The van der Waals surface area contributed by atoms with Crippen LogP contribution in [0.15, 0.2) is 6.07 Å². The van der Waals surface area contributed by atoms with E-state index in [1.807, 2.05) is 11.6 Å². The van der Waals surface area contributed by atoms with E-state index in [2.05, 4.69) is 31.9 Å². The first-order valence-electron chi connectivity index (χ1n) is 6.10. The molecule has 0 radical (unpaired) electrons. The average Bonchev–Trinajstić information content (AvgIpc) is 2.50. The van der Waals surface area contributed by atoms with Crippen molar-refractivity contribution < 1.29 is 5.11 Å². The molecule has 1 heterocycles. The molecule has 0 aromatic carbocycles. The van der Waals surface area contributed by atoms with Crippen LogP contribution >= 0.6 is 0 Å². The molecule has 1 aliphatic carbocycles. The predicted molar refractivity (Wildman–Crippen MR) is 64.4 cm³/mol. The van der Waals surface area contributed by atoms with E-state index in [1.165, 1.54) is 0 Å². The lowest BCUT2D eigenvalue weighted by Crippen LogP contribution is -2.36. The van der Waals surface area contributed by atoms with Gasteiger partial charge in [-0.15, -0.1) is 0 Å². The van der Waals surface area contributed by atoms with Crippen LogP contribution in [0.2, 0.25) is 0 Å². The van der Waals surface area contributed by atoms with Crippen molar-refractivity contribution in [2.24, 2.45) is 5.41 Å². The second-order valence-electron chi connectivity index (χ2n) is 5.91. The van der Waals surface area contributed by atoms with Gasteiger partial charge in [0.15, 0.2) is 0 Å². The number of aliphatic hydroxyl groups is 1. The molecular formula is C13H22N2O. The van der Waals surface area contributed by atoms with Gasteiger partial charge in [0.2, 0.25) is 0 Å². The molecule has 3 heteroatoms. The van der Waals surface area contributed by atoms with Crippen molar-refractivity contribution in [3.05, 3.63) is 17.5 Å². The first kappa shape index (κ1) is 11.6. The molecule has 3 nitrogen and oxygen atoms in total. The lowest BCUT2D eigenvalue weighted by molar-refractivity contribution is 0.0218. The number of hydrogen-bond donors (Lipinski definition) is 1. The first-order chi connectivity index (χ1) is 7.39. The Kier molecular flexibility index (Phi) is 2.82. The summed E-state index contributed by atoms with van der Waals surface area (Å²) in [7, 11) is 0. The second kappa shape index (κ2) is 3.88. The zero-order chi connectivity index (χ0) is 11.9. The molecule has 2 rings (SSSR count). The van der Waals surface area contributed by atoms with Gasteiger partial charge in [0.1, 0.15) is 0 Å². The third-order valence-corrected chi connectivity index (χ3v) is 3.68. The normalized spacial score (nSPS) is 29.3. The Morgan fingerprint density at radius 1 is 1.44 bits per heavy atom. The number of aliphatic hydroxyl groups excluding tert-OH is 1. The Labute approximate surface area is 97.5 Å². The van der Waals surface area contributed by atoms with E-state index in [-0.39, 0.29) is 12.1 Å². The van der Waals surface area contributed by atoms with Crippen LogP contribution in [0.25, 0.3) is 0 Å². The van der Waals surface area contributed by atoms with Crippen LogP contribution in [0.5, 0.6) is 0 Å². The monoisotopic (exact) mass is 222 g/mol. The molecule has 0 saturated heterocycles. The average molecular weight is 222 g/mol. The van der Waals surface area contributed by atoms with E-state index in [0.717, 1.165) is 30.7 Å². The topological polar surface area (TPSA) is 38.0 Å². The summed E-state index contributed by atoms with van der Waals surface area (Å²) in [6.07, 6.45) is 2.75. The summed E-state index contributed by atoms with van der Waals surface area (Å²) in [6, 6.07) is 2.23. The number of rotatable bonds is 1. The van der Waals surface area contributed by atoms with Crippen LogP contribution in [0.1, 0.15) is 50.5 Å². The summed E-state index contributed by atoms with van der Waals surface area (Å²) in [5.74, 6) is 0. The van der Waals surface area contributed by atoms with E-state index in [1.54, 1.807) is 0 Å². The Morgan fingerprint density at radius 3 is 2.69 bits per heavy atom. The zero-order valence-electron chi connectivity index (χ0n) is 10.7. The highest BCUT2D eigenvalue weighted by atomic mass is 16.3. The highest BCUT2D eigenvalue weighted by Crippen LogP contribution is 2.41. The third kappa shape index (κ3) is 2.14. The highest BCUT2D eigenvalue weighted by molar-refractivity contribution is 5.09. The van der Waals surface area contributed by atoms with Crippen molar-refractivity contribution in [2.45, 2.75) is 59.1 Å². The van der Waals surface area contributed by atoms with Crippen molar-refractivity contribution in [1.29, 1.82) is 0 Å². The van der Waals surface area contributed by atoms with Crippen LogP contribution in [0, 0.1) is 19.3 Å². The molecule has 1 saturated carbocycles. The van der Waals surface area contributed by atoms with Gasteiger partial charge in [0.05, 0.1) is 17.8 Å². The fourth-order valence-corrected chi connectivity index (χ4v) is 2.77. The fourth-order valence-electron chi connectivity index (χ4n) is 2.77. The number of aryl methyl sites for hydroxylation is 2. The Bertz CT molecular complexity index is 381. The van der Waals surface area contributed by atoms with Gasteiger partial charge in [-0.3, -0.25) is 4.68 Å². The maximum Gasteiger partial charge on any atom is 0.0786 e. The van der Waals surface area contributed by atoms with Gasteiger partial charge in [-0.2, -0.15) is 5.10 Å². The van der Waals surface area contributed by atoms with Gasteiger partial charge in [0, 0.05) is 5.69 Å². The molecule has 2 atom stereocenters. The van der Waals surface area contributed by atoms with E-state index in [4.69, 9.17) is 0 Å². The van der Waals surface area contributed by atoms with Gasteiger partial charge in [-0.1, -0.05) is 13.8 Å². The predicted octanol–water partition coefficient (Wildman–Crippen LogP) is 2.61. The van der Waals surface area contributed by atoms with Crippen LogP contribution < -0.4 is 0 Å². The number of nitrogens with zero attached hydrogens (tertiary/aromatic N) is 2. The van der Waals surface area contributed by atoms with Crippen molar-refractivity contribution in [1.82, 2.24) is 9.78 Å². The zero-order valence-corrected chi connectivity index (χ0v) is 10.7. The Morgan fingerprint density at radius 2 is 2.12 bits per heavy atom. The summed E-state index contributed by atoms with van der Waals surface area (Å²) in [5.41, 5.74) is 2.50. The van der Waals surface area contributed by atoms with E-state index in [9.17, 15) is 5.11 Å².